The van der Waals surface area contributed by atoms with Gasteiger partial charge in [-0.15, -0.1) is 0 Å². The Morgan fingerprint density at radius 2 is 1.89 bits per heavy atom. The van der Waals surface area contributed by atoms with E-state index in [9.17, 15) is 9.90 Å². The van der Waals surface area contributed by atoms with E-state index in [-0.39, 0.29) is 18.6 Å². The van der Waals surface area contributed by atoms with Gasteiger partial charge in [0.15, 0.2) is 5.82 Å². The molecule has 2 heterocycles. The Bertz CT molecular complexity index is 1290. The maximum absolute atomic E-state index is 12.2. The van der Waals surface area contributed by atoms with Gasteiger partial charge in [0.25, 0.3) is 0 Å². The molecule has 7 nitrogen and oxygen atoms in total. The summed E-state index contributed by atoms with van der Waals surface area (Å²) >= 11 is 1.47. The fourth-order valence-electron chi connectivity index (χ4n) is 3.52. The molecule has 0 radical (unpaired) electrons. The maximum Gasteiger partial charge on any atom is 0.248 e. The summed E-state index contributed by atoms with van der Waals surface area (Å²) in [6.45, 7) is 4.24. The zero-order chi connectivity index (χ0) is 24.6. The number of fused-ring (bicyclic) bond motifs is 1. The van der Waals surface area contributed by atoms with Crippen LogP contribution in [0.2, 0.25) is 0 Å². The molecule has 4 rings (SSSR count). The van der Waals surface area contributed by atoms with Crippen molar-refractivity contribution >= 4 is 39.1 Å². The molecule has 0 spiro atoms. The first kappa shape index (κ1) is 24.5. The number of anilines is 2. The smallest absolute Gasteiger partial charge is 0.248 e. The van der Waals surface area contributed by atoms with Gasteiger partial charge in [0.2, 0.25) is 5.91 Å². The Hall–Kier alpha value is -3.62. The number of nitrogens with zero attached hydrogens (tertiary/aromatic N) is 3. The predicted octanol–water partition coefficient (Wildman–Crippen LogP) is 5.83. The number of nitrogens with one attached hydrogen (secondary N) is 2. The molecule has 0 aliphatic carbocycles. The van der Waals surface area contributed by atoms with Crippen LogP contribution in [0.4, 0.5) is 11.5 Å². The molecule has 0 aliphatic rings. The van der Waals surface area contributed by atoms with Crippen molar-refractivity contribution in [1.82, 2.24) is 15.0 Å². The van der Waals surface area contributed by atoms with Crippen LogP contribution in [0, 0.1) is 5.92 Å². The molecule has 2 atom stereocenters. The highest BCUT2D eigenvalue weighted by molar-refractivity contribution is 7.21. The molecule has 0 fully saturated rings. The number of carbonyl (C=O) groups is 1. The summed E-state index contributed by atoms with van der Waals surface area (Å²) in [7, 11) is 0. The van der Waals surface area contributed by atoms with Crippen LogP contribution >= 0.6 is 11.3 Å². The number of aliphatic hydroxyl groups excluding tert-OH is 1. The van der Waals surface area contributed by atoms with Gasteiger partial charge < -0.3 is 15.7 Å². The van der Waals surface area contributed by atoms with Crippen LogP contribution < -0.4 is 10.6 Å². The number of aliphatic hydroxyl groups is 1. The van der Waals surface area contributed by atoms with Crippen LogP contribution in [-0.4, -0.2) is 32.6 Å². The van der Waals surface area contributed by atoms with Crippen molar-refractivity contribution < 1.29 is 9.90 Å². The first-order valence-electron chi connectivity index (χ1n) is 11.7. The quantitative estimate of drug-likeness (QED) is 0.243. The SMILES string of the molecule is CCC(C)CC=CC(=O)Nc1ccc(-c2nc3c(NC(CO)c4ccccc4)ncnc3s2)cc1. The standard InChI is InChI=1S/C27H29N5O2S/c1-3-18(2)8-7-11-23(34)30-21-14-12-20(13-15-21)26-32-24-25(28-17-29-27(24)35-26)31-22(16-33)19-9-5-4-6-10-19/h4-7,9-15,17-18,22,33H,3,8,16H2,1-2H3,(H,30,34)(H,28,29,31). The lowest BCUT2D eigenvalue weighted by molar-refractivity contribution is -0.111. The van der Waals surface area contributed by atoms with Gasteiger partial charge in [-0.25, -0.2) is 15.0 Å². The number of benzene rings is 2. The van der Waals surface area contributed by atoms with Crippen molar-refractivity contribution in [1.29, 1.82) is 0 Å². The zero-order valence-electron chi connectivity index (χ0n) is 19.8. The Labute approximate surface area is 209 Å². The fourth-order valence-corrected chi connectivity index (χ4v) is 4.43. The number of allylic oxidation sites excluding steroid dienone is 1. The topological polar surface area (TPSA) is 100 Å². The summed E-state index contributed by atoms with van der Waals surface area (Å²) in [5.41, 5.74) is 3.27. The third-order valence-electron chi connectivity index (χ3n) is 5.79. The molecule has 35 heavy (non-hydrogen) atoms. The lowest BCUT2D eigenvalue weighted by Gasteiger charge is -2.17. The number of aromatic nitrogens is 3. The van der Waals surface area contributed by atoms with E-state index in [0.717, 1.165) is 39.5 Å². The van der Waals surface area contributed by atoms with Gasteiger partial charge in [0.05, 0.1) is 12.6 Å². The third-order valence-corrected chi connectivity index (χ3v) is 6.81. The summed E-state index contributed by atoms with van der Waals surface area (Å²) in [6.07, 6.45) is 7.00. The van der Waals surface area contributed by atoms with Gasteiger partial charge in [0, 0.05) is 11.3 Å². The average molecular weight is 488 g/mol. The third kappa shape index (κ3) is 6.29. The summed E-state index contributed by atoms with van der Waals surface area (Å²) in [5, 5.41) is 16.9. The predicted molar refractivity (Wildman–Crippen MR) is 142 cm³/mol. The molecule has 0 bridgehead atoms. The minimum absolute atomic E-state index is 0.0769. The monoisotopic (exact) mass is 487 g/mol. The number of hydrogen-bond donors (Lipinski definition) is 3. The second kappa shape index (κ2) is 11.7. The fraction of sp³-hybridized carbons (Fsp3) is 0.259. The van der Waals surface area contributed by atoms with Gasteiger partial charge in [-0.1, -0.05) is 68.0 Å². The maximum atomic E-state index is 12.2. The van der Waals surface area contributed by atoms with Crippen molar-refractivity contribution in [3.63, 3.8) is 0 Å². The first-order chi connectivity index (χ1) is 17.1. The minimum atomic E-state index is -0.304. The van der Waals surface area contributed by atoms with E-state index < -0.39 is 0 Å². The molecular weight excluding hydrogens is 458 g/mol. The molecule has 2 aromatic heterocycles. The van der Waals surface area contributed by atoms with Crippen molar-refractivity contribution in [2.45, 2.75) is 32.7 Å². The number of thiazole rings is 1. The molecule has 3 N–H and O–H groups in total. The average Bonchev–Trinajstić information content (AvgIpc) is 3.33. The number of hydrogen-bond acceptors (Lipinski definition) is 7. The molecule has 0 saturated carbocycles. The van der Waals surface area contributed by atoms with Gasteiger partial charge in [0.1, 0.15) is 21.7 Å². The van der Waals surface area contributed by atoms with E-state index in [0.29, 0.717) is 17.3 Å². The van der Waals surface area contributed by atoms with E-state index in [4.69, 9.17) is 4.98 Å². The molecular formula is C27H29N5O2S. The first-order valence-corrected chi connectivity index (χ1v) is 12.5. The molecule has 4 aromatic rings. The van der Waals surface area contributed by atoms with Crippen LogP contribution in [0.15, 0.2) is 73.1 Å². The van der Waals surface area contributed by atoms with Crippen LogP contribution in [0.3, 0.4) is 0 Å². The van der Waals surface area contributed by atoms with E-state index in [1.54, 1.807) is 6.08 Å². The largest absolute Gasteiger partial charge is 0.394 e. The van der Waals surface area contributed by atoms with Crippen LogP contribution in [0.25, 0.3) is 20.9 Å². The number of rotatable bonds is 10. The lowest BCUT2D eigenvalue weighted by atomic mass is 10.1. The van der Waals surface area contributed by atoms with E-state index in [1.807, 2.05) is 60.7 Å². The normalized spacial score (nSPS) is 13.1. The number of amides is 1. The van der Waals surface area contributed by atoms with Crippen LogP contribution in [0.5, 0.6) is 0 Å². The van der Waals surface area contributed by atoms with Crippen molar-refractivity contribution in [3.05, 3.63) is 78.6 Å². The highest BCUT2D eigenvalue weighted by Gasteiger charge is 2.16. The molecule has 8 heteroatoms. The van der Waals surface area contributed by atoms with Gasteiger partial charge in [-0.05, 0) is 48.2 Å². The van der Waals surface area contributed by atoms with Gasteiger partial charge in [-0.3, -0.25) is 4.79 Å². The van der Waals surface area contributed by atoms with Crippen molar-refractivity contribution in [2.75, 3.05) is 17.2 Å². The Kier molecular flexibility index (Phi) is 8.18. The molecule has 1 amide bonds. The van der Waals surface area contributed by atoms with Gasteiger partial charge >= 0.3 is 0 Å². The highest BCUT2D eigenvalue weighted by Crippen LogP contribution is 2.33. The lowest BCUT2D eigenvalue weighted by Crippen LogP contribution is -2.15. The summed E-state index contributed by atoms with van der Waals surface area (Å²) in [4.78, 5) is 26.4. The summed E-state index contributed by atoms with van der Waals surface area (Å²) in [5.74, 6) is 1.01. The number of carbonyl (C=O) groups excluding carboxylic acids is 1. The van der Waals surface area contributed by atoms with Crippen molar-refractivity contribution in [3.8, 4) is 10.6 Å². The zero-order valence-corrected chi connectivity index (χ0v) is 20.6. The van der Waals surface area contributed by atoms with E-state index >= 15 is 0 Å². The Morgan fingerprint density at radius 3 is 2.60 bits per heavy atom. The summed E-state index contributed by atoms with van der Waals surface area (Å²) < 4.78 is 0. The molecule has 0 aliphatic heterocycles. The second-order valence-corrected chi connectivity index (χ2v) is 9.38. The van der Waals surface area contributed by atoms with Gasteiger partial charge in [-0.2, -0.15) is 0 Å². The van der Waals surface area contributed by atoms with E-state index in [2.05, 4.69) is 34.4 Å². The molecule has 0 saturated heterocycles. The molecule has 180 valence electrons. The molecule has 2 unspecified atom stereocenters. The molecule has 2 aromatic carbocycles. The Morgan fingerprint density at radius 1 is 1.11 bits per heavy atom. The minimum Gasteiger partial charge on any atom is -0.394 e. The highest BCUT2D eigenvalue weighted by atomic mass is 32.1. The summed E-state index contributed by atoms with van der Waals surface area (Å²) in [6, 6.07) is 17.0. The van der Waals surface area contributed by atoms with Crippen LogP contribution in [0.1, 0.15) is 38.3 Å². The second-order valence-electron chi connectivity index (χ2n) is 8.40. The Balaban J connectivity index is 1.48. The van der Waals surface area contributed by atoms with Crippen molar-refractivity contribution in [2.24, 2.45) is 5.92 Å². The van der Waals surface area contributed by atoms with E-state index in [1.165, 1.54) is 17.7 Å². The van der Waals surface area contributed by atoms with Crippen LogP contribution in [-0.2, 0) is 4.79 Å².